The fourth-order valence-corrected chi connectivity index (χ4v) is 1.95. The molecule has 0 saturated heterocycles. The molecule has 3 nitrogen and oxygen atoms in total. The maximum atomic E-state index is 12.0. The quantitative estimate of drug-likeness (QED) is 0.773. The van der Waals surface area contributed by atoms with Crippen molar-refractivity contribution >= 4 is 17.4 Å². The number of benzene rings is 1. The third-order valence-corrected chi connectivity index (χ3v) is 3.21. The number of nitrogens with zero attached hydrogens (tertiary/aromatic N) is 1. The molecule has 20 heavy (non-hydrogen) atoms. The van der Waals surface area contributed by atoms with Crippen molar-refractivity contribution in [2.24, 2.45) is 4.99 Å². The van der Waals surface area contributed by atoms with Crippen LogP contribution in [0.5, 0.6) is 0 Å². The van der Waals surface area contributed by atoms with Crippen molar-refractivity contribution in [3.8, 4) is 0 Å². The van der Waals surface area contributed by atoms with Crippen molar-refractivity contribution in [1.82, 2.24) is 0 Å². The number of amides is 1. The van der Waals surface area contributed by atoms with Crippen LogP contribution in [-0.4, -0.2) is 17.4 Å². The Kier molecular flexibility index (Phi) is 4.08. The number of hydrogen-bond acceptors (Lipinski definition) is 2. The molecule has 1 aromatic carbocycles. The molecule has 1 aromatic rings. The normalized spacial score (nSPS) is 16.9. The topological polar surface area (TPSA) is 46.5 Å². The Morgan fingerprint density at radius 2 is 1.65 bits per heavy atom. The molecule has 0 spiro atoms. The van der Waals surface area contributed by atoms with E-state index in [9.17, 15) is 9.59 Å². The van der Waals surface area contributed by atoms with Gasteiger partial charge < -0.3 is 0 Å². The van der Waals surface area contributed by atoms with Crippen molar-refractivity contribution < 1.29 is 9.59 Å². The van der Waals surface area contributed by atoms with E-state index in [0.29, 0.717) is 11.3 Å². The van der Waals surface area contributed by atoms with Crippen LogP contribution in [0.15, 0.2) is 52.6 Å². The maximum Gasteiger partial charge on any atom is 0.250 e. The first-order valence-electron chi connectivity index (χ1n) is 6.54. The zero-order valence-electron chi connectivity index (χ0n) is 11.9. The van der Waals surface area contributed by atoms with E-state index in [1.807, 2.05) is 31.2 Å². The van der Waals surface area contributed by atoms with E-state index in [1.165, 1.54) is 6.08 Å². The van der Waals surface area contributed by atoms with Gasteiger partial charge in [-0.05, 0) is 49.6 Å². The van der Waals surface area contributed by atoms with Crippen molar-refractivity contribution in [3.05, 3.63) is 58.7 Å². The van der Waals surface area contributed by atoms with Gasteiger partial charge >= 0.3 is 0 Å². The van der Waals surface area contributed by atoms with Crippen LogP contribution in [0.25, 0.3) is 0 Å². The Morgan fingerprint density at radius 3 is 2.30 bits per heavy atom. The number of carbonyl (C=O) groups excluding carboxylic acids is 2. The second-order valence-electron chi connectivity index (χ2n) is 5.07. The van der Waals surface area contributed by atoms with E-state index in [4.69, 9.17) is 0 Å². The minimum Gasteiger partial charge on any atom is -0.290 e. The van der Waals surface area contributed by atoms with Crippen molar-refractivity contribution in [3.63, 3.8) is 0 Å². The fourth-order valence-electron chi connectivity index (χ4n) is 1.95. The number of carbonyl (C=O) groups is 2. The first-order valence-corrected chi connectivity index (χ1v) is 6.54. The highest BCUT2D eigenvalue weighted by atomic mass is 16.1. The van der Waals surface area contributed by atoms with Crippen molar-refractivity contribution in [1.29, 1.82) is 0 Å². The van der Waals surface area contributed by atoms with Gasteiger partial charge in [0.2, 0.25) is 0 Å². The van der Waals surface area contributed by atoms with E-state index in [1.54, 1.807) is 19.9 Å². The van der Waals surface area contributed by atoms with Crippen LogP contribution in [0.3, 0.4) is 0 Å². The van der Waals surface area contributed by atoms with E-state index >= 15 is 0 Å². The molecule has 0 atom stereocenters. The third-order valence-electron chi connectivity index (χ3n) is 3.21. The predicted octanol–water partition coefficient (Wildman–Crippen LogP) is 2.98. The molecule has 0 radical (unpaired) electrons. The van der Waals surface area contributed by atoms with Gasteiger partial charge in [-0.3, -0.25) is 9.59 Å². The molecule has 2 rings (SSSR count). The maximum absolute atomic E-state index is 12.0. The molecule has 0 heterocycles. The molecule has 1 amide bonds. The van der Waals surface area contributed by atoms with Gasteiger partial charge in [-0.15, -0.1) is 0 Å². The molecule has 102 valence electrons. The minimum atomic E-state index is -0.199. The summed E-state index contributed by atoms with van der Waals surface area (Å²) in [5.41, 5.74) is 4.03. The second-order valence-corrected chi connectivity index (χ2v) is 5.07. The predicted molar refractivity (Wildman–Crippen MR) is 79.8 cm³/mol. The van der Waals surface area contributed by atoms with Crippen LogP contribution < -0.4 is 0 Å². The minimum absolute atomic E-state index is 0.0209. The van der Waals surface area contributed by atoms with Crippen LogP contribution in [0, 0.1) is 6.92 Å². The van der Waals surface area contributed by atoms with Gasteiger partial charge in [-0.2, -0.15) is 0 Å². The molecule has 0 fully saturated rings. The lowest BCUT2D eigenvalue weighted by atomic mass is 9.98. The van der Waals surface area contributed by atoms with Gasteiger partial charge in [-0.25, -0.2) is 4.99 Å². The van der Waals surface area contributed by atoms with Crippen LogP contribution in [-0.2, 0) is 16.0 Å². The molecule has 0 bridgehead atoms. The number of hydrogen-bond donors (Lipinski definition) is 0. The summed E-state index contributed by atoms with van der Waals surface area (Å²) in [6, 6.07) is 7.82. The Balaban J connectivity index is 2.14. The molecule has 0 aliphatic heterocycles. The number of ketones is 1. The van der Waals surface area contributed by atoms with Gasteiger partial charge in [0.25, 0.3) is 5.91 Å². The Labute approximate surface area is 118 Å². The Morgan fingerprint density at radius 1 is 1.00 bits per heavy atom. The summed E-state index contributed by atoms with van der Waals surface area (Å²) < 4.78 is 0. The molecule has 0 unspecified atom stereocenters. The van der Waals surface area contributed by atoms with E-state index < -0.39 is 0 Å². The standard InChI is InChI=1S/C17H17NO2/c1-11-4-6-14(7-5-11)10-17(20)18-15-8-13(3)16(19)9-12(15)2/h4-9H,10H2,1-3H3. The van der Waals surface area contributed by atoms with Crippen LogP contribution in [0.4, 0.5) is 0 Å². The average Bonchev–Trinajstić information content (AvgIpc) is 2.39. The van der Waals surface area contributed by atoms with Crippen LogP contribution >= 0.6 is 0 Å². The summed E-state index contributed by atoms with van der Waals surface area (Å²) in [5.74, 6) is -0.220. The first kappa shape index (κ1) is 14.1. The first-order chi connectivity index (χ1) is 9.45. The monoisotopic (exact) mass is 267 g/mol. The molecule has 1 aliphatic carbocycles. The molecule has 0 saturated carbocycles. The van der Waals surface area contributed by atoms with E-state index in [2.05, 4.69) is 4.99 Å². The van der Waals surface area contributed by atoms with Crippen LogP contribution in [0.2, 0.25) is 0 Å². The highest BCUT2D eigenvalue weighted by Gasteiger charge is 2.13. The third kappa shape index (κ3) is 3.38. The van der Waals surface area contributed by atoms with E-state index in [0.717, 1.165) is 16.7 Å². The molecular formula is C17H17NO2. The summed E-state index contributed by atoms with van der Waals surface area (Å²) in [7, 11) is 0. The smallest absolute Gasteiger partial charge is 0.250 e. The number of allylic oxidation sites excluding steroid dienone is 4. The molecular weight excluding hydrogens is 250 g/mol. The van der Waals surface area contributed by atoms with Gasteiger partial charge in [0, 0.05) is 0 Å². The summed E-state index contributed by atoms with van der Waals surface area (Å²) >= 11 is 0. The largest absolute Gasteiger partial charge is 0.290 e. The summed E-state index contributed by atoms with van der Waals surface area (Å²) in [4.78, 5) is 27.5. The second kappa shape index (κ2) is 5.78. The number of rotatable bonds is 2. The average molecular weight is 267 g/mol. The zero-order valence-corrected chi connectivity index (χ0v) is 11.9. The Hall–Kier alpha value is -2.29. The fraction of sp³-hybridized carbons (Fsp3) is 0.235. The van der Waals surface area contributed by atoms with Gasteiger partial charge in [-0.1, -0.05) is 29.8 Å². The highest BCUT2D eigenvalue weighted by Crippen LogP contribution is 2.13. The molecule has 0 N–H and O–H groups in total. The molecule has 3 heteroatoms. The van der Waals surface area contributed by atoms with E-state index in [-0.39, 0.29) is 18.1 Å². The van der Waals surface area contributed by atoms with Gasteiger partial charge in [0.05, 0.1) is 12.1 Å². The lowest BCUT2D eigenvalue weighted by Crippen LogP contribution is -2.12. The molecule has 1 aliphatic rings. The zero-order chi connectivity index (χ0) is 14.7. The Bertz CT molecular complexity index is 646. The SMILES string of the molecule is CC1=CC(=NC(=O)Cc2ccc(C)cc2)C(C)=CC1=O. The number of aliphatic imine (C=N–C) groups is 1. The van der Waals surface area contributed by atoms with Crippen molar-refractivity contribution in [2.45, 2.75) is 27.2 Å². The summed E-state index contributed by atoms with van der Waals surface area (Å²) in [6.45, 7) is 5.52. The summed E-state index contributed by atoms with van der Waals surface area (Å²) in [5, 5.41) is 0. The molecule has 0 aromatic heterocycles. The lowest BCUT2D eigenvalue weighted by Gasteiger charge is -2.09. The van der Waals surface area contributed by atoms with Gasteiger partial charge in [0.1, 0.15) is 0 Å². The van der Waals surface area contributed by atoms with Gasteiger partial charge in [0.15, 0.2) is 5.78 Å². The van der Waals surface area contributed by atoms with Crippen LogP contribution in [0.1, 0.15) is 25.0 Å². The van der Waals surface area contributed by atoms with Crippen molar-refractivity contribution in [2.75, 3.05) is 0 Å². The lowest BCUT2D eigenvalue weighted by molar-refractivity contribution is -0.117. The highest BCUT2D eigenvalue weighted by molar-refractivity contribution is 6.23. The number of aryl methyl sites for hydroxylation is 1. The summed E-state index contributed by atoms with van der Waals surface area (Å²) in [6.07, 6.45) is 3.47.